The summed E-state index contributed by atoms with van der Waals surface area (Å²) in [5, 5.41) is 2.62. The molecule has 0 amide bonds. The zero-order valence-corrected chi connectivity index (χ0v) is 25.9. The average Bonchev–Trinajstić information content (AvgIpc) is 2.88. The smallest absolute Gasteiger partial charge is 0.130 e. The van der Waals surface area contributed by atoms with Crippen LogP contribution < -0.4 is 15.3 Å². The molecule has 3 heteroatoms. The van der Waals surface area contributed by atoms with Gasteiger partial charge in [-0.3, -0.25) is 4.99 Å². The van der Waals surface area contributed by atoms with Crippen LogP contribution in [-0.4, -0.2) is 12.3 Å². The molecule has 0 aliphatic heterocycles. The molecule has 1 aliphatic rings. The van der Waals surface area contributed by atoms with Crippen molar-refractivity contribution in [1.82, 2.24) is 0 Å². The molecule has 4 rings (SSSR count). The summed E-state index contributed by atoms with van der Waals surface area (Å²) >= 11 is 0. The van der Waals surface area contributed by atoms with Gasteiger partial charge in [0.2, 0.25) is 0 Å². The minimum absolute atomic E-state index is 0.0356. The summed E-state index contributed by atoms with van der Waals surface area (Å²) < 4.78 is 6.80. The molecule has 0 N–H and O–H groups in total. The Labute approximate surface area is 238 Å². The first-order valence-electron chi connectivity index (χ1n) is 14.1. The minimum atomic E-state index is -0.0443. The van der Waals surface area contributed by atoms with Crippen molar-refractivity contribution >= 4 is 30.6 Å². The number of hydrogen-bond acceptors (Lipinski definition) is 2. The third-order valence-electron chi connectivity index (χ3n) is 7.25. The number of allylic oxidation sites excluding steroid dienone is 3. The second-order valence-electron chi connectivity index (χ2n) is 12.7. The van der Waals surface area contributed by atoms with Crippen LogP contribution in [0.2, 0.25) is 0 Å². The van der Waals surface area contributed by atoms with E-state index in [9.17, 15) is 0 Å². The highest BCUT2D eigenvalue weighted by molar-refractivity contribution is 7.56. The van der Waals surface area contributed by atoms with Gasteiger partial charge in [0.15, 0.2) is 0 Å². The number of rotatable bonds is 7. The van der Waals surface area contributed by atoms with E-state index in [1.807, 2.05) is 18.2 Å². The average molecular weight is 538 g/mol. The van der Waals surface area contributed by atoms with Crippen molar-refractivity contribution < 1.29 is 4.74 Å². The molecule has 0 aromatic heterocycles. The van der Waals surface area contributed by atoms with E-state index >= 15 is 0 Å². The molecular weight excluding hydrogens is 493 g/mol. The first-order valence-corrected chi connectivity index (χ1v) is 15.1. The van der Waals surface area contributed by atoms with Crippen molar-refractivity contribution in [3.63, 3.8) is 0 Å². The van der Waals surface area contributed by atoms with Gasteiger partial charge in [0.25, 0.3) is 0 Å². The highest BCUT2D eigenvalue weighted by Crippen LogP contribution is 2.38. The number of ether oxygens (including phenoxy) is 1. The number of nitrogens with zero attached hydrogens (tertiary/aromatic N) is 1. The monoisotopic (exact) mass is 537 g/mol. The largest absolute Gasteiger partial charge is 0.492 e. The molecule has 204 valence electrons. The molecule has 1 aliphatic carbocycles. The van der Waals surface area contributed by atoms with Crippen molar-refractivity contribution in [2.45, 2.75) is 72.6 Å². The Balaban J connectivity index is 1.84. The Morgan fingerprint density at radius 2 is 1.67 bits per heavy atom. The van der Waals surface area contributed by atoms with E-state index < -0.39 is 0 Å². The normalized spacial score (nSPS) is 16.3. The summed E-state index contributed by atoms with van der Waals surface area (Å²) in [6.45, 7) is 18.8. The summed E-state index contributed by atoms with van der Waals surface area (Å²) in [6.07, 6.45) is 9.79. The summed E-state index contributed by atoms with van der Waals surface area (Å²) in [4.78, 5) is 4.98. The summed E-state index contributed by atoms with van der Waals surface area (Å²) in [5.74, 6) is 1.46. The number of benzene rings is 3. The SMILES string of the molecule is CC(=Nc1ccccc1)c1cccc(C)c1Pc1cc(C(C)(C)C)cc(C(C)(C)C)c1OCC1C=CC=CC1. The Hall–Kier alpha value is -2.96. The predicted octanol–water partition coefficient (Wildman–Crippen LogP) is 8.87. The molecule has 0 saturated carbocycles. The summed E-state index contributed by atoms with van der Waals surface area (Å²) in [6, 6.07) is 21.6. The molecule has 0 heterocycles. The summed E-state index contributed by atoms with van der Waals surface area (Å²) in [7, 11) is 0.459. The van der Waals surface area contributed by atoms with E-state index in [2.05, 4.69) is 122 Å². The van der Waals surface area contributed by atoms with Crippen molar-refractivity contribution in [2.75, 3.05) is 6.61 Å². The molecule has 2 unspecified atom stereocenters. The highest BCUT2D eigenvalue weighted by atomic mass is 31.1. The molecule has 0 radical (unpaired) electrons. The van der Waals surface area contributed by atoms with Crippen LogP contribution in [0.15, 0.2) is 90.0 Å². The Kier molecular flexibility index (Phi) is 8.97. The molecular formula is C36H44NOP. The minimum Gasteiger partial charge on any atom is -0.492 e. The van der Waals surface area contributed by atoms with Crippen molar-refractivity contribution in [2.24, 2.45) is 10.9 Å². The topological polar surface area (TPSA) is 21.6 Å². The maximum atomic E-state index is 6.80. The van der Waals surface area contributed by atoms with E-state index in [0.29, 0.717) is 21.1 Å². The van der Waals surface area contributed by atoms with Gasteiger partial charge in [-0.25, -0.2) is 0 Å². The number of aryl methyl sites for hydroxylation is 1. The third kappa shape index (κ3) is 7.37. The van der Waals surface area contributed by atoms with Crippen molar-refractivity contribution in [3.05, 3.63) is 107 Å². The molecule has 2 atom stereocenters. The first kappa shape index (κ1) is 29.0. The van der Waals surface area contributed by atoms with Crippen LogP contribution in [-0.2, 0) is 10.8 Å². The van der Waals surface area contributed by atoms with E-state index in [-0.39, 0.29) is 10.8 Å². The molecule has 0 fully saturated rings. The van der Waals surface area contributed by atoms with Gasteiger partial charge in [-0.2, -0.15) is 0 Å². The first-order chi connectivity index (χ1) is 18.4. The van der Waals surface area contributed by atoms with E-state index in [1.54, 1.807) is 0 Å². The second kappa shape index (κ2) is 12.1. The van der Waals surface area contributed by atoms with Gasteiger partial charge < -0.3 is 4.74 Å². The fourth-order valence-electron chi connectivity index (χ4n) is 4.84. The van der Waals surface area contributed by atoms with Gasteiger partial charge in [0.1, 0.15) is 5.75 Å². The molecule has 0 spiro atoms. The maximum absolute atomic E-state index is 6.80. The lowest BCUT2D eigenvalue weighted by Crippen LogP contribution is -2.25. The van der Waals surface area contributed by atoms with Crippen LogP contribution in [0.25, 0.3) is 0 Å². The lowest BCUT2D eigenvalue weighted by Gasteiger charge is -2.30. The van der Waals surface area contributed by atoms with Gasteiger partial charge in [-0.15, -0.1) is 0 Å². The molecule has 0 bridgehead atoms. The van der Waals surface area contributed by atoms with Crippen LogP contribution in [0.1, 0.15) is 77.1 Å². The van der Waals surface area contributed by atoms with Crippen molar-refractivity contribution in [1.29, 1.82) is 0 Å². The zero-order chi connectivity index (χ0) is 28.2. The molecule has 3 aromatic rings. The number of para-hydroxylation sites is 1. The highest BCUT2D eigenvalue weighted by Gasteiger charge is 2.27. The third-order valence-corrected chi connectivity index (χ3v) is 8.80. The van der Waals surface area contributed by atoms with Gasteiger partial charge >= 0.3 is 0 Å². The van der Waals surface area contributed by atoms with Gasteiger partial charge in [0, 0.05) is 28.1 Å². The lowest BCUT2D eigenvalue weighted by molar-refractivity contribution is 0.271. The zero-order valence-electron chi connectivity index (χ0n) is 24.9. The quantitative estimate of drug-likeness (QED) is 0.218. The molecule has 0 saturated heterocycles. The Morgan fingerprint density at radius 1 is 0.923 bits per heavy atom. The van der Waals surface area contributed by atoms with E-state index in [1.165, 1.54) is 32.9 Å². The Morgan fingerprint density at radius 3 is 2.31 bits per heavy atom. The van der Waals surface area contributed by atoms with Crippen LogP contribution in [0.3, 0.4) is 0 Å². The van der Waals surface area contributed by atoms with Crippen LogP contribution in [0.4, 0.5) is 5.69 Å². The fourth-order valence-corrected chi connectivity index (χ4v) is 6.34. The van der Waals surface area contributed by atoms with Gasteiger partial charge in [0.05, 0.1) is 12.3 Å². The van der Waals surface area contributed by atoms with Gasteiger partial charge in [-0.1, -0.05) is 117 Å². The fraction of sp³-hybridized carbons (Fsp3) is 0.361. The predicted molar refractivity (Wildman–Crippen MR) is 173 cm³/mol. The van der Waals surface area contributed by atoms with Crippen molar-refractivity contribution in [3.8, 4) is 5.75 Å². The van der Waals surface area contributed by atoms with Crippen LogP contribution in [0, 0.1) is 12.8 Å². The molecule has 3 aromatic carbocycles. The van der Waals surface area contributed by atoms with Crippen LogP contribution in [0.5, 0.6) is 5.75 Å². The molecule has 2 nitrogen and oxygen atoms in total. The Bertz CT molecular complexity index is 1380. The number of aliphatic imine (C=N–C) groups is 1. The number of hydrogen-bond donors (Lipinski definition) is 0. The van der Waals surface area contributed by atoms with Crippen LogP contribution >= 0.6 is 8.58 Å². The van der Waals surface area contributed by atoms with Gasteiger partial charge in [-0.05, 0) is 65.7 Å². The van der Waals surface area contributed by atoms with E-state index in [0.717, 1.165) is 23.6 Å². The standard InChI is InChI=1S/C36H44NOP/c1-25-16-15-21-30(26(2)37-29-19-13-10-14-20-29)34(25)39-32-23-28(35(3,4)5)22-31(36(6,7)8)33(32)38-24-27-17-11-9-12-18-27/h9-17,19-23,27,39H,18,24H2,1-8H3. The second-order valence-corrected chi connectivity index (χ2v) is 14.0. The molecule has 39 heavy (non-hydrogen) atoms. The summed E-state index contributed by atoms with van der Waals surface area (Å²) in [5.41, 5.74) is 7.15. The lowest BCUT2D eigenvalue weighted by atomic mass is 9.80. The maximum Gasteiger partial charge on any atom is 0.130 e. The van der Waals surface area contributed by atoms with E-state index in [4.69, 9.17) is 9.73 Å².